The lowest BCUT2D eigenvalue weighted by molar-refractivity contribution is 0.272. The molecule has 8 heteroatoms. The van der Waals surface area contributed by atoms with Gasteiger partial charge in [0.1, 0.15) is 0 Å². The fourth-order valence-electron chi connectivity index (χ4n) is 2.72. The van der Waals surface area contributed by atoms with E-state index in [1.54, 1.807) is 6.07 Å². The van der Waals surface area contributed by atoms with Crippen LogP contribution in [-0.4, -0.2) is 57.4 Å². The molecule has 0 spiro atoms. The van der Waals surface area contributed by atoms with Crippen molar-refractivity contribution in [3.63, 3.8) is 0 Å². The average Bonchev–Trinajstić information content (AvgIpc) is 2.47. The lowest BCUT2D eigenvalue weighted by atomic mass is 10.2. The number of piperazine rings is 1. The van der Waals surface area contributed by atoms with Gasteiger partial charge < -0.3 is 0 Å². The Bertz CT molecular complexity index is 736. The van der Waals surface area contributed by atoms with Crippen LogP contribution in [0.1, 0.15) is 24.5 Å². The van der Waals surface area contributed by atoms with Gasteiger partial charge in [-0.15, -0.1) is 0 Å². The van der Waals surface area contributed by atoms with Gasteiger partial charge in [-0.2, -0.15) is 8.61 Å². The van der Waals surface area contributed by atoms with E-state index in [0.29, 0.717) is 6.42 Å². The monoisotopic (exact) mass is 360 g/mol. The number of aryl methyl sites for hydroxylation is 1. The van der Waals surface area contributed by atoms with E-state index in [4.69, 9.17) is 0 Å². The predicted octanol–water partition coefficient (Wildman–Crippen LogP) is 1.18. The Morgan fingerprint density at radius 2 is 1.52 bits per heavy atom. The molecule has 130 valence electrons. The van der Waals surface area contributed by atoms with Gasteiger partial charge in [-0.1, -0.05) is 36.8 Å². The summed E-state index contributed by atoms with van der Waals surface area (Å²) in [6.45, 7) is 4.65. The lowest BCUT2D eigenvalue weighted by Crippen LogP contribution is -2.51. The molecular weight excluding hydrogens is 336 g/mol. The number of hydrogen-bond donors (Lipinski definition) is 0. The van der Waals surface area contributed by atoms with E-state index in [1.165, 1.54) is 8.61 Å². The van der Waals surface area contributed by atoms with Crippen molar-refractivity contribution in [2.75, 3.05) is 31.9 Å². The summed E-state index contributed by atoms with van der Waals surface area (Å²) in [6.07, 6.45) is 0.564. The van der Waals surface area contributed by atoms with E-state index in [0.717, 1.165) is 11.1 Å². The Morgan fingerprint density at radius 1 is 0.957 bits per heavy atom. The first-order chi connectivity index (χ1) is 10.7. The van der Waals surface area contributed by atoms with E-state index in [-0.39, 0.29) is 37.7 Å². The molecule has 1 saturated heterocycles. The Kier molecular flexibility index (Phi) is 5.83. The smallest absolute Gasteiger partial charge is 0.212 e. The SMILES string of the molecule is CCCS(=O)(=O)N1CCN(S(=O)(=O)Cc2cccc(C)c2)CC1. The highest BCUT2D eigenvalue weighted by Crippen LogP contribution is 2.16. The van der Waals surface area contributed by atoms with Gasteiger partial charge in [0.25, 0.3) is 0 Å². The molecule has 0 unspecified atom stereocenters. The number of sulfonamides is 2. The van der Waals surface area contributed by atoms with Crippen LogP contribution in [0.15, 0.2) is 24.3 Å². The molecule has 1 aromatic rings. The number of nitrogens with zero attached hydrogens (tertiary/aromatic N) is 2. The molecular formula is C15H24N2O4S2. The maximum Gasteiger partial charge on any atom is 0.218 e. The summed E-state index contributed by atoms with van der Waals surface area (Å²) in [5.74, 6) is 0.0689. The molecule has 0 saturated carbocycles. The van der Waals surface area contributed by atoms with Crippen molar-refractivity contribution < 1.29 is 16.8 Å². The molecule has 0 atom stereocenters. The van der Waals surface area contributed by atoms with Gasteiger partial charge in [-0.3, -0.25) is 0 Å². The minimum Gasteiger partial charge on any atom is -0.212 e. The fraction of sp³-hybridized carbons (Fsp3) is 0.600. The zero-order chi connectivity index (χ0) is 17.1. The van der Waals surface area contributed by atoms with Gasteiger partial charge in [0.2, 0.25) is 20.0 Å². The van der Waals surface area contributed by atoms with Crippen LogP contribution in [0.3, 0.4) is 0 Å². The first-order valence-corrected chi connectivity index (χ1v) is 11.0. The van der Waals surface area contributed by atoms with Crippen LogP contribution in [-0.2, 0) is 25.8 Å². The van der Waals surface area contributed by atoms with Gasteiger partial charge in [0.15, 0.2) is 0 Å². The van der Waals surface area contributed by atoms with Gasteiger partial charge in [0.05, 0.1) is 11.5 Å². The Labute approximate surface area is 139 Å². The average molecular weight is 361 g/mol. The van der Waals surface area contributed by atoms with Crippen molar-refractivity contribution in [3.8, 4) is 0 Å². The summed E-state index contributed by atoms with van der Waals surface area (Å²) in [6, 6.07) is 7.43. The van der Waals surface area contributed by atoms with Crippen molar-refractivity contribution in [2.24, 2.45) is 0 Å². The van der Waals surface area contributed by atoms with Crippen molar-refractivity contribution in [2.45, 2.75) is 26.0 Å². The largest absolute Gasteiger partial charge is 0.218 e. The molecule has 2 rings (SSSR count). The molecule has 0 N–H and O–H groups in total. The van der Waals surface area contributed by atoms with Crippen molar-refractivity contribution in [3.05, 3.63) is 35.4 Å². The van der Waals surface area contributed by atoms with Crippen LogP contribution in [0.25, 0.3) is 0 Å². The molecule has 1 aliphatic heterocycles. The topological polar surface area (TPSA) is 74.8 Å². The van der Waals surface area contributed by atoms with Crippen LogP contribution in [0.2, 0.25) is 0 Å². The van der Waals surface area contributed by atoms with E-state index in [1.807, 2.05) is 32.0 Å². The summed E-state index contributed by atoms with van der Waals surface area (Å²) in [4.78, 5) is 0. The zero-order valence-corrected chi connectivity index (χ0v) is 15.2. The number of rotatable bonds is 6. The molecule has 0 radical (unpaired) electrons. The van der Waals surface area contributed by atoms with Crippen LogP contribution in [0, 0.1) is 6.92 Å². The van der Waals surface area contributed by atoms with E-state index >= 15 is 0 Å². The summed E-state index contributed by atoms with van der Waals surface area (Å²) < 4.78 is 51.9. The first kappa shape index (κ1) is 18.4. The number of benzene rings is 1. The molecule has 0 bridgehead atoms. The zero-order valence-electron chi connectivity index (χ0n) is 13.6. The molecule has 23 heavy (non-hydrogen) atoms. The molecule has 0 amide bonds. The minimum atomic E-state index is -3.42. The first-order valence-electron chi connectivity index (χ1n) is 7.76. The lowest BCUT2D eigenvalue weighted by Gasteiger charge is -2.33. The molecule has 1 aromatic carbocycles. The quantitative estimate of drug-likeness (QED) is 0.763. The van der Waals surface area contributed by atoms with Crippen LogP contribution in [0.4, 0.5) is 0 Å². The third-order valence-electron chi connectivity index (χ3n) is 3.88. The molecule has 6 nitrogen and oxygen atoms in total. The minimum absolute atomic E-state index is 0.0452. The summed E-state index contributed by atoms with van der Waals surface area (Å²) in [5, 5.41) is 0. The van der Waals surface area contributed by atoms with Crippen LogP contribution >= 0.6 is 0 Å². The Hall–Kier alpha value is -0.960. The van der Waals surface area contributed by atoms with Crippen LogP contribution in [0.5, 0.6) is 0 Å². The second-order valence-corrected chi connectivity index (χ2v) is 9.92. The van der Waals surface area contributed by atoms with Crippen molar-refractivity contribution >= 4 is 20.0 Å². The van der Waals surface area contributed by atoms with Gasteiger partial charge in [0, 0.05) is 26.2 Å². The van der Waals surface area contributed by atoms with E-state index in [2.05, 4.69) is 0 Å². The second-order valence-electron chi connectivity index (χ2n) is 5.86. The summed E-state index contributed by atoms with van der Waals surface area (Å²) in [5.41, 5.74) is 1.78. The molecule has 1 aliphatic rings. The normalized spacial score (nSPS) is 18.2. The van der Waals surface area contributed by atoms with Crippen LogP contribution < -0.4 is 0 Å². The molecule has 0 aromatic heterocycles. The summed E-state index contributed by atoms with van der Waals surface area (Å²) in [7, 11) is -6.68. The number of hydrogen-bond acceptors (Lipinski definition) is 4. The third kappa shape index (κ3) is 4.76. The third-order valence-corrected chi connectivity index (χ3v) is 7.80. The molecule has 1 heterocycles. The maximum absolute atomic E-state index is 12.5. The predicted molar refractivity (Wildman–Crippen MR) is 91.0 cm³/mol. The Morgan fingerprint density at radius 3 is 2.04 bits per heavy atom. The van der Waals surface area contributed by atoms with Crippen molar-refractivity contribution in [1.82, 2.24) is 8.61 Å². The summed E-state index contributed by atoms with van der Waals surface area (Å²) >= 11 is 0. The highest BCUT2D eigenvalue weighted by Gasteiger charge is 2.31. The Balaban J connectivity index is 2.01. The van der Waals surface area contributed by atoms with Gasteiger partial charge >= 0.3 is 0 Å². The molecule has 0 aliphatic carbocycles. The highest BCUT2D eigenvalue weighted by molar-refractivity contribution is 7.89. The molecule has 1 fully saturated rings. The highest BCUT2D eigenvalue weighted by atomic mass is 32.2. The standard InChI is InChI=1S/C15H24N2O4S2/c1-3-11-22(18,19)16-7-9-17(10-8-16)23(20,21)13-15-6-4-5-14(2)12-15/h4-6,12H,3,7-11,13H2,1-2H3. The van der Waals surface area contributed by atoms with Gasteiger partial charge in [-0.05, 0) is 18.9 Å². The second kappa shape index (κ2) is 7.29. The van der Waals surface area contributed by atoms with Crippen molar-refractivity contribution in [1.29, 1.82) is 0 Å². The maximum atomic E-state index is 12.5. The van der Waals surface area contributed by atoms with Gasteiger partial charge in [-0.25, -0.2) is 16.8 Å². The van der Waals surface area contributed by atoms with E-state index < -0.39 is 20.0 Å². The fourth-order valence-corrected chi connectivity index (χ4v) is 5.71. The van der Waals surface area contributed by atoms with E-state index in [9.17, 15) is 16.8 Å².